The van der Waals surface area contributed by atoms with Gasteiger partial charge < -0.3 is 4.74 Å². The molecule has 0 heterocycles. The van der Waals surface area contributed by atoms with Crippen molar-refractivity contribution in [2.24, 2.45) is 0 Å². The van der Waals surface area contributed by atoms with Gasteiger partial charge in [-0.3, -0.25) is 0 Å². The normalized spacial score (nSPS) is 14.1. The van der Waals surface area contributed by atoms with E-state index >= 15 is 4.39 Å². The van der Waals surface area contributed by atoms with Crippen molar-refractivity contribution >= 4 is 45.2 Å². The van der Waals surface area contributed by atoms with Crippen LogP contribution in [0.5, 0.6) is 11.5 Å². The molecule has 3 nitrogen and oxygen atoms in total. The van der Waals surface area contributed by atoms with Crippen molar-refractivity contribution < 1.29 is 13.3 Å². The van der Waals surface area contributed by atoms with Crippen LogP contribution in [0.15, 0.2) is 36.4 Å². The van der Waals surface area contributed by atoms with Crippen LogP contribution in [-0.2, 0) is 11.0 Å². The van der Waals surface area contributed by atoms with Crippen molar-refractivity contribution in [3.8, 4) is 11.5 Å². The molecule has 0 aliphatic rings. The highest BCUT2D eigenvalue weighted by molar-refractivity contribution is 14.1. The van der Waals surface area contributed by atoms with Crippen molar-refractivity contribution in [3.05, 3.63) is 56.4 Å². The van der Waals surface area contributed by atoms with Crippen LogP contribution in [0.2, 0.25) is 5.02 Å². The number of nitrogens with one attached hydrogen (secondary N) is 1. The Morgan fingerprint density at radius 1 is 1.31 bits per heavy atom. The number of hydrogen-bond donors (Lipinski definition) is 1. The predicted molar refractivity (Wildman–Crippen MR) is 115 cm³/mol. The Hall–Kier alpha value is -0.700. The third-order valence-electron chi connectivity index (χ3n) is 3.68. The molecular weight excluding hydrogens is 488 g/mol. The third kappa shape index (κ3) is 5.41. The van der Waals surface area contributed by atoms with E-state index in [2.05, 4.69) is 27.3 Å². The summed E-state index contributed by atoms with van der Waals surface area (Å²) in [6.45, 7) is 7.51. The van der Waals surface area contributed by atoms with Gasteiger partial charge >= 0.3 is 0 Å². The zero-order chi connectivity index (χ0) is 19.5. The van der Waals surface area contributed by atoms with E-state index in [0.717, 1.165) is 3.57 Å². The maximum atomic E-state index is 15.2. The van der Waals surface area contributed by atoms with Crippen molar-refractivity contribution in [1.29, 1.82) is 0 Å². The quantitative estimate of drug-likeness (QED) is 0.459. The van der Waals surface area contributed by atoms with Crippen molar-refractivity contribution in [3.63, 3.8) is 0 Å². The Labute approximate surface area is 175 Å². The molecule has 2 aromatic carbocycles. The van der Waals surface area contributed by atoms with Crippen LogP contribution in [0.25, 0.3) is 0 Å². The second kappa shape index (κ2) is 8.99. The second-order valence-corrected chi connectivity index (χ2v) is 10.4. The smallest absolute Gasteiger partial charge is 0.181 e. The summed E-state index contributed by atoms with van der Waals surface area (Å²) < 4.78 is 36.8. The molecule has 2 aromatic rings. The van der Waals surface area contributed by atoms with Gasteiger partial charge in [0.15, 0.2) is 11.6 Å². The molecule has 26 heavy (non-hydrogen) atoms. The summed E-state index contributed by atoms with van der Waals surface area (Å²) in [5.74, 6) is -0.0521. The lowest BCUT2D eigenvalue weighted by molar-refractivity contribution is 0.432. The number of ether oxygens (including phenoxy) is 1. The van der Waals surface area contributed by atoms with E-state index in [1.54, 1.807) is 24.3 Å². The van der Waals surface area contributed by atoms with Crippen LogP contribution < -0.4 is 9.46 Å². The number of halogens is 3. The topological polar surface area (TPSA) is 38.3 Å². The molecule has 0 aliphatic carbocycles. The average Bonchev–Trinajstić information content (AvgIpc) is 2.56. The Morgan fingerprint density at radius 3 is 2.58 bits per heavy atom. The minimum absolute atomic E-state index is 0.0204. The lowest BCUT2D eigenvalue weighted by Gasteiger charge is -2.24. The minimum atomic E-state index is -1.32. The molecule has 2 rings (SSSR count). The van der Waals surface area contributed by atoms with Crippen LogP contribution >= 0.6 is 34.2 Å². The zero-order valence-corrected chi connectivity index (χ0v) is 18.8. The van der Waals surface area contributed by atoms with Crippen molar-refractivity contribution in [2.75, 3.05) is 0 Å². The molecule has 0 fully saturated rings. The highest BCUT2D eigenvalue weighted by atomic mass is 127. The predicted octanol–water partition coefficient (Wildman–Crippen LogP) is 6.38. The largest absolute Gasteiger partial charge is 0.453 e. The lowest BCUT2D eigenvalue weighted by Crippen LogP contribution is -2.35. The molecule has 0 radical (unpaired) electrons. The van der Waals surface area contributed by atoms with Gasteiger partial charge in [-0.25, -0.2) is 13.3 Å². The van der Waals surface area contributed by atoms with E-state index in [9.17, 15) is 4.21 Å². The van der Waals surface area contributed by atoms with Crippen LogP contribution in [0.3, 0.4) is 0 Å². The van der Waals surface area contributed by atoms with E-state index < -0.39 is 27.6 Å². The monoisotopic (exact) mass is 509 g/mol. The first-order chi connectivity index (χ1) is 12.1. The first-order valence-corrected chi connectivity index (χ1v) is 10.8. The maximum Gasteiger partial charge on any atom is 0.181 e. The van der Waals surface area contributed by atoms with Crippen molar-refractivity contribution in [2.45, 2.75) is 44.9 Å². The van der Waals surface area contributed by atoms with E-state index in [1.807, 2.05) is 39.8 Å². The summed E-state index contributed by atoms with van der Waals surface area (Å²) in [5, 5.41) is 0.192. The highest BCUT2D eigenvalue weighted by Gasteiger charge is 2.26. The van der Waals surface area contributed by atoms with Crippen LogP contribution in [0.1, 0.15) is 45.7 Å². The molecule has 142 valence electrons. The number of hydrogen-bond acceptors (Lipinski definition) is 2. The second-order valence-electron chi connectivity index (χ2n) is 6.80. The Balaban J connectivity index is 2.36. The Morgan fingerprint density at radius 2 is 2.00 bits per heavy atom. The molecule has 0 saturated heterocycles. The Kier molecular flexibility index (Phi) is 7.47. The summed E-state index contributed by atoms with van der Waals surface area (Å²) >= 11 is 8.33. The minimum Gasteiger partial charge on any atom is -0.453 e. The van der Waals surface area contributed by atoms with Crippen LogP contribution in [0.4, 0.5) is 4.39 Å². The van der Waals surface area contributed by atoms with Crippen LogP contribution in [0, 0.1) is 9.39 Å². The average molecular weight is 510 g/mol. The fraction of sp³-hybridized carbons (Fsp3) is 0.368. The summed E-state index contributed by atoms with van der Waals surface area (Å²) in [6.07, 6.45) is 0.572. The molecule has 0 bridgehead atoms. The van der Waals surface area contributed by atoms with Gasteiger partial charge in [-0.1, -0.05) is 30.7 Å². The Bertz CT molecular complexity index is 811. The molecule has 0 saturated carbocycles. The maximum absolute atomic E-state index is 15.2. The number of benzene rings is 2. The van der Waals surface area contributed by atoms with Gasteiger partial charge in [0, 0.05) is 15.2 Å². The first kappa shape index (κ1) is 21.6. The standard InChI is InChI=1S/C19H22ClFINO2S/c1-5-16(23-26(24)19(2,3)4)14-9-10-15(20)18(17(14)21)25-13-8-6-7-12(22)11-13/h6-11,16,23H,5H2,1-4H3/t16-,26-/m0/s1. The molecular formula is C19H22ClFINO2S. The summed E-state index contributed by atoms with van der Waals surface area (Å²) in [4.78, 5) is 0. The summed E-state index contributed by atoms with van der Waals surface area (Å²) in [6, 6.07) is 10.1. The zero-order valence-electron chi connectivity index (χ0n) is 15.1. The number of rotatable bonds is 6. The first-order valence-electron chi connectivity index (χ1n) is 8.22. The summed E-state index contributed by atoms with van der Waals surface area (Å²) in [7, 11) is -1.32. The van der Waals surface area contributed by atoms with Crippen LogP contribution in [-0.4, -0.2) is 8.96 Å². The van der Waals surface area contributed by atoms with Gasteiger partial charge in [0.25, 0.3) is 0 Å². The van der Waals surface area contributed by atoms with Gasteiger partial charge in [-0.05, 0) is 74.0 Å². The van der Waals surface area contributed by atoms with Gasteiger partial charge in [0.2, 0.25) is 0 Å². The van der Waals surface area contributed by atoms with Gasteiger partial charge in [0.05, 0.1) is 20.8 Å². The van der Waals surface area contributed by atoms with E-state index in [-0.39, 0.29) is 10.8 Å². The molecule has 0 aromatic heterocycles. The molecule has 7 heteroatoms. The molecule has 0 unspecified atom stereocenters. The summed E-state index contributed by atoms with van der Waals surface area (Å²) in [5.41, 5.74) is 0.384. The fourth-order valence-corrected chi connectivity index (χ4v) is 3.84. The fourth-order valence-electron chi connectivity index (χ4n) is 2.23. The molecule has 1 N–H and O–H groups in total. The third-order valence-corrected chi connectivity index (χ3v) is 6.26. The van der Waals surface area contributed by atoms with Gasteiger partial charge in [-0.15, -0.1) is 0 Å². The molecule has 0 amide bonds. The van der Waals surface area contributed by atoms with E-state index in [0.29, 0.717) is 17.7 Å². The molecule has 0 spiro atoms. The van der Waals surface area contributed by atoms with E-state index in [4.69, 9.17) is 16.3 Å². The van der Waals surface area contributed by atoms with Gasteiger partial charge in [0.1, 0.15) is 5.75 Å². The van der Waals surface area contributed by atoms with Gasteiger partial charge in [-0.2, -0.15) is 0 Å². The lowest BCUT2D eigenvalue weighted by atomic mass is 10.0. The molecule has 0 aliphatic heterocycles. The molecule has 2 atom stereocenters. The van der Waals surface area contributed by atoms with Crippen molar-refractivity contribution in [1.82, 2.24) is 4.72 Å². The SMILES string of the molecule is CC[C@H](N[S@@](=O)C(C)(C)C)c1ccc(Cl)c(Oc2cccc(I)c2)c1F. The van der Waals surface area contributed by atoms with E-state index in [1.165, 1.54) is 0 Å². The highest BCUT2D eigenvalue weighted by Crippen LogP contribution is 2.37.